The fourth-order valence-electron chi connectivity index (χ4n) is 3.17. The van der Waals surface area contributed by atoms with Crippen molar-refractivity contribution < 1.29 is 9.53 Å². The fourth-order valence-corrected chi connectivity index (χ4v) is 4.02. The van der Waals surface area contributed by atoms with Crippen LogP contribution in [0.3, 0.4) is 0 Å². The van der Waals surface area contributed by atoms with Crippen molar-refractivity contribution in [1.29, 1.82) is 0 Å². The van der Waals surface area contributed by atoms with Crippen LogP contribution in [-0.2, 0) is 11.2 Å². The number of ether oxygens (including phenoxy) is 1. The molecule has 2 heterocycles. The van der Waals surface area contributed by atoms with Crippen LogP contribution in [0.25, 0.3) is 15.5 Å². The summed E-state index contributed by atoms with van der Waals surface area (Å²) in [4.78, 5) is 13.2. The van der Waals surface area contributed by atoms with Crippen LogP contribution < -0.4 is 10.1 Å². The monoisotopic (exact) mass is 435 g/mol. The molecule has 0 bridgehead atoms. The predicted molar refractivity (Wildman–Crippen MR) is 123 cm³/mol. The highest BCUT2D eigenvalue weighted by atomic mass is 32.1. The van der Waals surface area contributed by atoms with Gasteiger partial charge in [-0.3, -0.25) is 4.79 Å². The van der Waals surface area contributed by atoms with Crippen LogP contribution in [0, 0.1) is 6.92 Å². The van der Waals surface area contributed by atoms with E-state index in [-0.39, 0.29) is 12.5 Å². The second-order valence-corrected chi connectivity index (χ2v) is 8.62. The van der Waals surface area contributed by atoms with Gasteiger partial charge in [-0.15, -0.1) is 10.2 Å². The number of nitrogens with one attached hydrogen (secondary N) is 1. The average molecular weight is 436 g/mol. The third kappa shape index (κ3) is 4.59. The van der Waals surface area contributed by atoms with Crippen molar-refractivity contribution in [1.82, 2.24) is 19.8 Å². The molecule has 0 saturated carbocycles. The Balaban J connectivity index is 1.45. The molecule has 31 heavy (non-hydrogen) atoms. The van der Waals surface area contributed by atoms with E-state index in [0.717, 1.165) is 39.0 Å². The van der Waals surface area contributed by atoms with Crippen molar-refractivity contribution in [2.75, 3.05) is 11.9 Å². The number of amides is 1. The second kappa shape index (κ2) is 8.85. The Morgan fingerprint density at radius 3 is 2.65 bits per heavy atom. The van der Waals surface area contributed by atoms with Gasteiger partial charge in [0.15, 0.2) is 12.4 Å². The standard InChI is InChI=1S/C23H25N5O2S/c1-5-20-25-26-23-28(20)27-22(31-23)17-7-6-15(4)19(12-17)24-21(29)13-30-18-10-8-16(9-11-18)14(2)3/h6-12,14H,5,13H2,1-4H3,(H,24,29). The molecular formula is C23H25N5O2S. The zero-order valence-corrected chi connectivity index (χ0v) is 18.9. The molecule has 0 fully saturated rings. The number of carbonyl (C=O) groups excluding carboxylic acids is 1. The third-order valence-electron chi connectivity index (χ3n) is 5.05. The Morgan fingerprint density at radius 1 is 1.16 bits per heavy atom. The molecule has 0 spiro atoms. The number of carbonyl (C=O) groups is 1. The van der Waals surface area contributed by atoms with Crippen molar-refractivity contribution in [2.45, 2.75) is 40.0 Å². The van der Waals surface area contributed by atoms with Crippen LogP contribution in [-0.4, -0.2) is 32.3 Å². The van der Waals surface area contributed by atoms with Crippen LogP contribution in [0.4, 0.5) is 5.69 Å². The molecule has 4 rings (SSSR count). The Hall–Kier alpha value is -3.26. The average Bonchev–Trinajstić information content (AvgIpc) is 3.35. The Bertz CT molecular complexity index is 1210. The van der Waals surface area contributed by atoms with Gasteiger partial charge in [-0.25, -0.2) is 0 Å². The molecule has 1 amide bonds. The number of benzene rings is 2. The summed E-state index contributed by atoms with van der Waals surface area (Å²) >= 11 is 1.47. The molecule has 4 aromatic rings. The molecule has 8 heteroatoms. The largest absolute Gasteiger partial charge is 0.484 e. The van der Waals surface area contributed by atoms with Crippen molar-refractivity contribution in [3.8, 4) is 16.3 Å². The summed E-state index contributed by atoms with van der Waals surface area (Å²) < 4.78 is 7.42. The summed E-state index contributed by atoms with van der Waals surface area (Å²) in [5, 5.41) is 16.7. The van der Waals surface area contributed by atoms with Crippen LogP contribution in [0.5, 0.6) is 5.75 Å². The zero-order chi connectivity index (χ0) is 22.0. The van der Waals surface area contributed by atoms with Gasteiger partial charge in [0.2, 0.25) is 4.96 Å². The first kappa shape index (κ1) is 21.0. The summed E-state index contributed by atoms with van der Waals surface area (Å²) in [5.74, 6) is 1.76. The molecule has 0 aliphatic heterocycles. The highest BCUT2D eigenvalue weighted by Gasteiger charge is 2.14. The van der Waals surface area contributed by atoms with Gasteiger partial charge in [0, 0.05) is 17.7 Å². The van der Waals surface area contributed by atoms with Crippen molar-refractivity contribution in [2.24, 2.45) is 0 Å². The van der Waals surface area contributed by atoms with Gasteiger partial charge < -0.3 is 10.1 Å². The normalized spacial score (nSPS) is 11.3. The minimum Gasteiger partial charge on any atom is -0.484 e. The first-order chi connectivity index (χ1) is 14.9. The molecule has 0 radical (unpaired) electrons. The lowest BCUT2D eigenvalue weighted by molar-refractivity contribution is -0.118. The van der Waals surface area contributed by atoms with Crippen LogP contribution >= 0.6 is 11.3 Å². The molecule has 0 saturated heterocycles. The number of hydrogen-bond donors (Lipinski definition) is 1. The van der Waals surface area contributed by atoms with Gasteiger partial charge >= 0.3 is 0 Å². The second-order valence-electron chi connectivity index (χ2n) is 7.66. The molecule has 1 N–H and O–H groups in total. The van der Waals surface area contributed by atoms with Crippen molar-refractivity contribution in [3.05, 3.63) is 59.4 Å². The van der Waals surface area contributed by atoms with E-state index >= 15 is 0 Å². The quantitative estimate of drug-likeness (QED) is 0.448. The van der Waals surface area contributed by atoms with Gasteiger partial charge in [-0.05, 0) is 42.2 Å². The lowest BCUT2D eigenvalue weighted by Gasteiger charge is -2.11. The SMILES string of the molecule is CCc1nnc2sc(-c3ccc(C)c(NC(=O)COc4ccc(C(C)C)cc4)c3)nn12. The maximum Gasteiger partial charge on any atom is 0.262 e. The maximum atomic E-state index is 12.5. The highest BCUT2D eigenvalue weighted by Crippen LogP contribution is 2.29. The first-order valence-corrected chi connectivity index (χ1v) is 11.1. The van der Waals surface area contributed by atoms with E-state index in [1.54, 1.807) is 4.52 Å². The molecule has 160 valence electrons. The number of aromatic nitrogens is 4. The molecule has 2 aromatic heterocycles. The van der Waals surface area contributed by atoms with E-state index in [4.69, 9.17) is 4.74 Å². The van der Waals surface area contributed by atoms with Gasteiger partial charge in [0.05, 0.1) is 0 Å². The predicted octanol–water partition coefficient (Wildman–Crippen LogP) is 4.86. The third-order valence-corrected chi connectivity index (χ3v) is 5.99. The first-order valence-electron chi connectivity index (χ1n) is 10.3. The van der Waals surface area contributed by atoms with E-state index in [1.807, 2.05) is 56.3 Å². The maximum absolute atomic E-state index is 12.5. The molecule has 0 atom stereocenters. The van der Waals surface area contributed by atoms with E-state index in [1.165, 1.54) is 16.9 Å². The van der Waals surface area contributed by atoms with Crippen LogP contribution in [0.1, 0.15) is 43.6 Å². The number of aryl methyl sites for hydroxylation is 2. The number of rotatable bonds is 7. The zero-order valence-electron chi connectivity index (χ0n) is 18.0. The number of anilines is 1. The lowest BCUT2D eigenvalue weighted by Crippen LogP contribution is -2.20. The van der Waals surface area contributed by atoms with Gasteiger partial charge in [-0.1, -0.05) is 56.4 Å². The summed E-state index contributed by atoms with van der Waals surface area (Å²) in [5.41, 5.74) is 3.86. The number of nitrogens with zero attached hydrogens (tertiary/aromatic N) is 4. The van der Waals surface area contributed by atoms with Crippen molar-refractivity contribution in [3.63, 3.8) is 0 Å². The van der Waals surface area contributed by atoms with Crippen LogP contribution in [0.15, 0.2) is 42.5 Å². The summed E-state index contributed by atoms with van der Waals surface area (Å²) in [6.07, 6.45) is 0.764. The summed E-state index contributed by atoms with van der Waals surface area (Å²) in [6.45, 7) is 8.21. The number of fused-ring (bicyclic) bond motifs is 1. The fraction of sp³-hybridized carbons (Fsp3) is 0.304. The van der Waals surface area contributed by atoms with Gasteiger partial charge in [0.25, 0.3) is 5.91 Å². The minimum atomic E-state index is -0.209. The van der Waals surface area contributed by atoms with E-state index in [9.17, 15) is 4.79 Å². The molecule has 0 aliphatic rings. The molecular weight excluding hydrogens is 410 g/mol. The summed E-state index contributed by atoms with van der Waals surface area (Å²) in [7, 11) is 0. The van der Waals surface area contributed by atoms with Crippen LogP contribution in [0.2, 0.25) is 0 Å². The topological polar surface area (TPSA) is 81.4 Å². The summed E-state index contributed by atoms with van der Waals surface area (Å²) in [6, 6.07) is 13.7. The molecule has 7 nitrogen and oxygen atoms in total. The Labute approximate surface area is 185 Å². The molecule has 2 aromatic carbocycles. The number of hydrogen-bond acceptors (Lipinski definition) is 6. The van der Waals surface area contributed by atoms with Gasteiger partial charge in [-0.2, -0.15) is 9.61 Å². The van der Waals surface area contributed by atoms with E-state index in [0.29, 0.717) is 11.7 Å². The van der Waals surface area contributed by atoms with E-state index < -0.39 is 0 Å². The minimum absolute atomic E-state index is 0.0543. The lowest BCUT2D eigenvalue weighted by atomic mass is 10.0. The molecule has 0 aliphatic carbocycles. The van der Waals surface area contributed by atoms with E-state index in [2.05, 4.69) is 34.5 Å². The van der Waals surface area contributed by atoms with Gasteiger partial charge in [0.1, 0.15) is 10.8 Å². The Kier molecular flexibility index (Phi) is 5.99. The smallest absolute Gasteiger partial charge is 0.262 e. The molecule has 0 unspecified atom stereocenters. The van der Waals surface area contributed by atoms with Crippen molar-refractivity contribution >= 4 is 27.9 Å². The Morgan fingerprint density at radius 2 is 1.94 bits per heavy atom. The highest BCUT2D eigenvalue weighted by molar-refractivity contribution is 7.19.